The fourth-order valence-corrected chi connectivity index (χ4v) is 3.04. The Balaban J connectivity index is 2.03. The molecule has 1 aromatic heterocycles. The number of nitrogens with zero attached hydrogens (tertiary/aromatic N) is 2. The number of ether oxygens (including phenoxy) is 1. The molecule has 1 fully saturated rings. The molecule has 2 heterocycles. The molecule has 2 N–H and O–H groups in total. The van der Waals surface area contributed by atoms with Gasteiger partial charge < -0.3 is 19.8 Å². The molecule has 2 aromatic rings. The molecule has 3 rings (SSSR count). The summed E-state index contributed by atoms with van der Waals surface area (Å²) in [5, 5.41) is 19.6. The summed E-state index contributed by atoms with van der Waals surface area (Å²) < 4.78 is 5.24. The number of ketones is 1. The minimum Gasteiger partial charge on any atom is -0.507 e. The number of rotatable bonds is 7. The van der Waals surface area contributed by atoms with Crippen LogP contribution in [0.4, 0.5) is 0 Å². The highest BCUT2D eigenvalue weighted by Crippen LogP contribution is 2.38. The molecule has 0 aliphatic carbocycles. The van der Waals surface area contributed by atoms with Crippen molar-refractivity contribution in [3.05, 3.63) is 71.6 Å². The van der Waals surface area contributed by atoms with Crippen molar-refractivity contribution in [1.82, 2.24) is 9.88 Å². The lowest BCUT2D eigenvalue weighted by Crippen LogP contribution is -2.33. The van der Waals surface area contributed by atoms with Crippen LogP contribution >= 0.6 is 0 Å². The van der Waals surface area contributed by atoms with Gasteiger partial charge in [-0.1, -0.05) is 36.4 Å². The van der Waals surface area contributed by atoms with Gasteiger partial charge in [0.25, 0.3) is 11.7 Å². The number of carbonyl (C=O) groups is 2. The quantitative estimate of drug-likeness (QED) is 0.333. The monoisotopic (exact) mass is 368 g/mol. The van der Waals surface area contributed by atoms with Gasteiger partial charge in [0.05, 0.1) is 31.1 Å². The van der Waals surface area contributed by atoms with Gasteiger partial charge in [0, 0.05) is 18.3 Å². The Hall–Kier alpha value is -3.03. The molecule has 0 spiro atoms. The van der Waals surface area contributed by atoms with Gasteiger partial charge in [-0.3, -0.25) is 14.6 Å². The highest BCUT2D eigenvalue weighted by molar-refractivity contribution is 6.46. The number of aromatic nitrogens is 1. The predicted octanol–water partition coefficient (Wildman–Crippen LogP) is 1.51. The van der Waals surface area contributed by atoms with E-state index in [4.69, 9.17) is 9.84 Å². The Kier molecular flexibility index (Phi) is 5.95. The van der Waals surface area contributed by atoms with Crippen molar-refractivity contribution >= 4 is 17.4 Å². The van der Waals surface area contributed by atoms with Gasteiger partial charge in [-0.15, -0.1) is 0 Å². The van der Waals surface area contributed by atoms with Crippen molar-refractivity contribution in [3.63, 3.8) is 0 Å². The largest absolute Gasteiger partial charge is 0.507 e. The van der Waals surface area contributed by atoms with Gasteiger partial charge in [-0.2, -0.15) is 0 Å². The van der Waals surface area contributed by atoms with Gasteiger partial charge in [-0.05, 0) is 12.1 Å². The number of carbonyl (C=O) groups excluding carboxylic acids is 2. The molecule has 140 valence electrons. The van der Waals surface area contributed by atoms with E-state index in [0.717, 1.165) is 0 Å². The van der Waals surface area contributed by atoms with Gasteiger partial charge in [0.2, 0.25) is 0 Å². The molecular formula is C20H20N2O5. The molecule has 1 amide bonds. The lowest BCUT2D eigenvalue weighted by atomic mass is 9.98. The normalized spacial score (nSPS) is 18.9. The fourth-order valence-electron chi connectivity index (χ4n) is 3.04. The molecule has 1 aliphatic heterocycles. The van der Waals surface area contributed by atoms with Crippen molar-refractivity contribution in [3.8, 4) is 0 Å². The van der Waals surface area contributed by atoms with E-state index in [-0.39, 0.29) is 37.7 Å². The fraction of sp³-hybridized carbons (Fsp3) is 0.250. The molecule has 27 heavy (non-hydrogen) atoms. The first-order chi connectivity index (χ1) is 13.1. The summed E-state index contributed by atoms with van der Waals surface area (Å²) in [5.41, 5.74) is 0.941. The first-order valence-corrected chi connectivity index (χ1v) is 8.58. The maximum absolute atomic E-state index is 12.7. The van der Waals surface area contributed by atoms with Crippen LogP contribution in [0, 0.1) is 0 Å². The summed E-state index contributed by atoms with van der Waals surface area (Å²) in [7, 11) is 0. The van der Waals surface area contributed by atoms with Crippen LogP contribution in [0.3, 0.4) is 0 Å². The molecule has 7 heteroatoms. The number of hydrogen-bond acceptors (Lipinski definition) is 6. The number of likely N-dealkylation sites (tertiary alicyclic amines) is 1. The molecule has 0 bridgehead atoms. The SMILES string of the molecule is O=C1C(=O)N(CCOCCO)[C@H](c2ccccn2)C1=C(O)c1ccccc1. The predicted molar refractivity (Wildman–Crippen MR) is 97.6 cm³/mol. The first kappa shape index (κ1) is 18.8. The van der Waals surface area contributed by atoms with E-state index in [2.05, 4.69) is 4.98 Å². The molecule has 0 radical (unpaired) electrons. The van der Waals surface area contributed by atoms with Gasteiger partial charge in [0.1, 0.15) is 11.8 Å². The lowest BCUT2D eigenvalue weighted by molar-refractivity contribution is -0.140. The number of aliphatic hydroxyl groups is 2. The minimum absolute atomic E-state index is 0.00654. The van der Waals surface area contributed by atoms with Crippen LogP contribution in [-0.4, -0.2) is 58.2 Å². The summed E-state index contributed by atoms with van der Waals surface area (Å²) in [6.45, 7) is 0.304. The maximum Gasteiger partial charge on any atom is 0.295 e. The van der Waals surface area contributed by atoms with Gasteiger partial charge >= 0.3 is 0 Å². The topological polar surface area (TPSA) is 100.0 Å². The summed E-state index contributed by atoms with van der Waals surface area (Å²) in [6.07, 6.45) is 1.57. The van der Waals surface area contributed by atoms with Crippen molar-refractivity contribution in [2.24, 2.45) is 0 Å². The molecule has 0 unspecified atom stereocenters. The van der Waals surface area contributed by atoms with Crippen LogP contribution in [-0.2, 0) is 14.3 Å². The molecule has 7 nitrogen and oxygen atoms in total. The second-order valence-electron chi connectivity index (χ2n) is 5.95. The Labute approximate surface area is 156 Å². The van der Waals surface area contributed by atoms with Crippen molar-refractivity contribution in [1.29, 1.82) is 0 Å². The van der Waals surface area contributed by atoms with Gasteiger partial charge in [0.15, 0.2) is 0 Å². The summed E-state index contributed by atoms with van der Waals surface area (Å²) in [6, 6.07) is 13.0. The van der Waals surface area contributed by atoms with Crippen LogP contribution in [0.15, 0.2) is 60.3 Å². The summed E-state index contributed by atoms with van der Waals surface area (Å²) in [5.74, 6) is -1.70. The molecule has 1 aliphatic rings. The zero-order valence-electron chi connectivity index (χ0n) is 14.6. The number of amides is 1. The standard InChI is InChI=1S/C20H20N2O5/c23-11-13-27-12-10-22-17(15-8-4-5-9-21-15)16(19(25)20(22)26)18(24)14-6-2-1-3-7-14/h1-9,17,23-24H,10-13H2/t17-/m1/s1. The zero-order chi connectivity index (χ0) is 19.2. The molecule has 1 aromatic carbocycles. The van der Waals surface area contributed by atoms with Crippen LogP contribution in [0.1, 0.15) is 17.3 Å². The summed E-state index contributed by atoms with van der Waals surface area (Å²) in [4.78, 5) is 30.9. The van der Waals surface area contributed by atoms with Crippen LogP contribution in [0.25, 0.3) is 5.76 Å². The van der Waals surface area contributed by atoms with E-state index in [1.807, 2.05) is 0 Å². The van der Waals surface area contributed by atoms with Crippen molar-refractivity contribution < 1.29 is 24.5 Å². The Bertz CT molecular complexity index is 836. The van der Waals surface area contributed by atoms with E-state index in [1.54, 1.807) is 54.7 Å². The van der Waals surface area contributed by atoms with Crippen molar-refractivity contribution in [2.75, 3.05) is 26.4 Å². The molecule has 1 atom stereocenters. The third-order valence-electron chi connectivity index (χ3n) is 4.27. The number of pyridine rings is 1. The average Bonchev–Trinajstić information content (AvgIpc) is 2.97. The molecule has 0 saturated carbocycles. The number of hydrogen-bond donors (Lipinski definition) is 2. The number of aliphatic hydroxyl groups excluding tert-OH is 2. The van der Waals surface area contributed by atoms with E-state index < -0.39 is 17.7 Å². The lowest BCUT2D eigenvalue weighted by Gasteiger charge is -2.24. The Morgan fingerprint density at radius 1 is 1.07 bits per heavy atom. The second kappa shape index (κ2) is 8.57. The van der Waals surface area contributed by atoms with Crippen molar-refractivity contribution in [2.45, 2.75) is 6.04 Å². The van der Waals surface area contributed by atoms with E-state index in [9.17, 15) is 14.7 Å². The average molecular weight is 368 g/mol. The number of benzene rings is 1. The number of Topliss-reactive ketones (excluding diaryl/α,β-unsaturated/α-hetero) is 1. The van der Waals surface area contributed by atoms with E-state index in [1.165, 1.54) is 4.90 Å². The highest BCUT2D eigenvalue weighted by atomic mass is 16.5. The first-order valence-electron chi connectivity index (χ1n) is 8.58. The Morgan fingerprint density at radius 2 is 1.81 bits per heavy atom. The van der Waals surface area contributed by atoms with E-state index in [0.29, 0.717) is 11.3 Å². The highest BCUT2D eigenvalue weighted by Gasteiger charge is 2.46. The molecular weight excluding hydrogens is 348 g/mol. The third-order valence-corrected chi connectivity index (χ3v) is 4.27. The van der Waals surface area contributed by atoms with E-state index >= 15 is 0 Å². The zero-order valence-corrected chi connectivity index (χ0v) is 14.6. The summed E-state index contributed by atoms with van der Waals surface area (Å²) >= 11 is 0. The van der Waals surface area contributed by atoms with Gasteiger partial charge in [-0.25, -0.2) is 0 Å². The third kappa shape index (κ3) is 3.89. The smallest absolute Gasteiger partial charge is 0.295 e. The molecule has 1 saturated heterocycles. The maximum atomic E-state index is 12.7. The van der Waals surface area contributed by atoms with Crippen LogP contribution in [0.2, 0.25) is 0 Å². The van der Waals surface area contributed by atoms with Crippen LogP contribution in [0.5, 0.6) is 0 Å². The van der Waals surface area contributed by atoms with Crippen LogP contribution < -0.4 is 0 Å². The minimum atomic E-state index is -0.802. The second-order valence-corrected chi connectivity index (χ2v) is 5.95. The Morgan fingerprint density at radius 3 is 2.48 bits per heavy atom.